The summed E-state index contributed by atoms with van der Waals surface area (Å²) >= 11 is 0. The minimum atomic E-state index is -3.86. The molecule has 11 nitrogen and oxygen atoms in total. The molecule has 1 unspecified atom stereocenters. The molecule has 0 radical (unpaired) electrons. The van der Waals surface area contributed by atoms with Crippen LogP contribution in [0.1, 0.15) is 0 Å². The number of aliphatic hydroxyl groups is 1. The molecule has 35 heavy (non-hydrogen) atoms. The Labute approximate surface area is 204 Å². The fraction of sp³-hybridized carbons (Fsp3) is 0.391. The number of piperazine rings is 1. The Bertz CT molecular complexity index is 1060. The molecule has 3 rings (SSSR count). The Kier molecular flexibility index (Phi) is 10.5. The maximum atomic E-state index is 13.4. The third-order valence-corrected chi connectivity index (χ3v) is 7.10. The van der Waals surface area contributed by atoms with Crippen molar-refractivity contribution in [3.05, 3.63) is 54.6 Å². The zero-order chi connectivity index (χ0) is 26.0. The maximum absolute atomic E-state index is 13.4. The van der Waals surface area contributed by atoms with E-state index in [9.17, 15) is 13.5 Å². The summed E-state index contributed by atoms with van der Waals surface area (Å²) in [6, 6.07) is 15.2. The number of para-hydroxylation sites is 2. The number of methoxy groups -OCH3 is 1. The summed E-state index contributed by atoms with van der Waals surface area (Å²) < 4.78 is 33.5. The van der Waals surface area contributed by atoms with Gasteiger partial charge < -0.3 is 25.0 Å². The number of aliphatic hydroxyl groups excluding tert-OH is 1. The van der Waals surface area contributed by atoms with E-state index in [4.69, 9.17) is 24.5 Å². The van der Waals surface area contributed by atoms with Gasteiger partial charge in [-0.05, 0) is 31.3 Å². The molecule has 0 saturated carbocycles. The monoisotopic (exact) mass is 509 g/mol. The average Bonchev–Trinajstić information content (AvgIpc) is 2.84. The number of likely N-dealkylation sites (N-methyl/N-ethyl adjacent to an activating group) is 1. The van der Waals surface area contributed by atoms with Crippen LogP contribution in [0.4, 0.5) is 5.69 Å². The van der Waals surface area contributed by atoms with Gasteiger partial charge in [-0.25, -0.2) is 18.0 Å². The lowest BCUT2D eigenvalue weighted by Gasteiger charge is -2.35. The van der Waals surface area contributed by atoms with Crippen molar-refractivity contribution in [2.45, 2.75) is 11.0 Å². The number of benzene rings is 2. The Morgan fingerprint density at radius 3 is 2.06 bits per heavy atom. The molecule has 192 valence electrons. The standard InChI is InChI=1S/C21H29N3O4S.C2H2O4/c1-22-12-14-23(15-13-22)16-18(25)17-24(20-10-6-7-11-21(20)28-2)29(26,27)19-8-4-3-5-9-19;3-1(4)2(5)6/h3-11,18,25H,12-17H2,1-2H3;(H,3,4)(H,5,6). The molecule has 0 aromatic heterocycles. The van der Waals surface area contributed by atoms with Crippen LogP contribution in [0.5, 0.6) is 5.75 Å². The fourth-order valence-corrected chi connectivity index (χ4v) is 4.99. The van der Waals surface area contributed by atoms with Gasteiger partial charge in [0.15, 0.2) is 0 Å². The van der Waals surface area contributed by atoms with Gasteiger partial charge in [-0.3, -0.25) is 9.21 Å². The molecule has 0 bridgehead atoms. The van der Waals surface area contributed by atoms with Crippen LogP contribution in [-0.2, 0) is 19.6 Å². The normalized spacial score (nSPS) is 15.4. The van der Waals surface area contributed by atoms with Crippen LogP contribution in [0.2, 0.25) is 0 Å². The van der Waals surface area contributed by atoms with Crippen molar-refractivity contribution in [1.29, 1.82) is 0 Å². The largest absolute Gasteiger partial charge is 0.495 e. The molecule has 3 N–H and O–H groups in total. The number of sulfonamides is 1. The van der Waals surface area contributed by atoms with Crippen molar-refractivity contribution in [3.8, 4) is 5.75 Å². The average molecular weight is 510 g/mol. The van der Waals surface area contributed by atoms with Gasteiger partial charge in [-0.15, -0.1) is 0 Å². The molecule has 1 fully saturated rings. The van der Waals surface area contributed by atoms with Crippen LogP contribution in [0.25, 0.3) is 0 Å². The zero-order valence-electron chi connectivity index (χ0n) is 19.6. The van der Waals surface area contributed by atoms with E-state index in [0.717, 1.165) is 26.2 Å². The molecule has 2 aromatic carbocycles. The summed E-state index contributed by atoms with van der Waals surface area (Å²) in [4.78, 5) is 22.8. The van der Waals surface area contributed by atoms with E-state index in [0.29, 0.717) is 18.0 Å². The second kappa shape index (κ2) is 13.0. The SMILES string of the molecule is COc1ccccc1N(CC(O)CN1CCN(C)CC1)S(=O)(=O)c1ccccc1.O=C(O)C(=O)O. The summed E-state index contributed by atoms with van der Waals surface area (Å²) in [7, 11) is -0.285. The van der Waals surface area contributed by atoms with Crippen LogP contribution in [-0.4, -0.2) is 105 Å². The van der Waals surface area contributed by atoms with Gasteiger partial charge in [0.25, 0.3) is 10.0 Å². The van der Waals surface area contributed by atoms with Gasteiger partial charge in [-0.1, -0.05) is 30.3 Å². The molecule has 2 aromatic rings. The van der Waals surface area contributed by atoms with Gasteiger partial charge >= 0.3 is 11.9 Å². The summed E-state index contributed by atoms with van der Waals surface area (Å²) in [5, 5.41) is 25.6. The molecular formula is C23H31N3O8S. The zero-order valence-corrected chi connectivity index (χ0v) is 20.5. The minimum Gasteiger partial charge on any atom is -0.495 e. The molecule has 1 heterocycles. The van der Waals surface area contributed by atoms with Crippen molar-refractivity contribution < 1.29 is 38.1 Å². The molecule has 0 amide bonds. The maximum Gasteiger partial charge on any atom is 0.414 e. The minimum absolute atomic E-state index is 0.0516. The first-order chi connectivity index (χ1) is 16.6. The van der Waals surface area contributed by atoms with E-state index >= 15 is 0 Å². The summed E-state index contributed by atoms with van der Waals surface area (Å²) in [6.07, 6.45) is -0.832. The van der Waals surface area contributed by atoms with Gasteiger partial charge in [-0.2, -0.15) is 0 Å². The van der Waals surface area contributed by atoms with Gasteiger partial charge in [0.05, 0.1) is 30.3 Å². The van der Waals surface area contributed by atoms with Crippen LogP contribution < -0.4 is 9.04 Å². The highest BCUT2D eigenvalue weighted by Crippen LogP contribution is 2.32. The number of ether oxygens (including phenoxy) is 1. The number of rotatable bonds is 8. The van der Waals surface area contributed by atoms with Gasteiger partial charge in [0.1, 0.15) is 5.75 Å². The number of nitrogens with zero attached hydrogens (tertiary/aromatic N) is 3. The van der Waals surface area contributed by atoms with E-state index in [1.807, 2.05) is 0 Å². The Hall–Kier alpha value is -3.19. The number of aliphatic carboxylic acids is 2. The molecule has 1 aliphatic rings. The van der Waals surface area contributed by atoms with Crippen LogP contribution >= 0.6 is 0 Å². The smallest absolute Gasteiger partial charge is 0.414 e. The number of hydrogen-bond acceptors (Lipinski definition) is 8. The van der Waals surface area contributed by atoms with E-state index in [1.165, 1.54) is 11.4 Å². The predicted octanol–water partition coefficient (Wildman–Crippen LogP) is 0.654. The Morgan fingerprint density at radius 2 is 1.51 bits per heavy atom. The van der Waals surface area contributed by atoms with Crippen LogP contribution in [0, 0.1) is 0 Å². The van der Waals surface area contributed by atoms with Crippen molar-refractivity contribution >= 4 is 27.6 Å². The van der Waals surface area contributed by atoms with Gasteiger partial charge in [0.2, 0.25) is 0 Å². The lowest BCUT2D eigenvalue weighted by Crippen LogP contribution is -2.49. The molecule has 12 heteroatoms. The number of carbonyl (C=O) groups is 2. The first kappa shape index (κ1) is 28.1. The number of hydrogen-bond donors (Lipinski definition) is 3. The highest BCUT2D eigenvalue weighted by molar-refractivity contribution is 7.92. The highest BCUT2D eigenvalue weighted by atomic mass is 32.2. The Balaban J connectivity index is 0.000000641. The van der Waals surface area contributed by atoms with Crippen LogP contribution in [0.3, 0.4) is 0 Å². The van der Waals surface area contributed by atoms with E-state index in [1.54, 1.807) is 54.6 Å². The number of β-amino-alcohol motifs (C(OH)–C–C–N with tert-alkyl or cyclic N) is 1. The summed E-state index contributed by atoms with van der Waals surface area (Å²) in [5.74, 6) is -3.20. The quantitative estimate of drug-likeness (QED) is 0.433. The molecular weight excluding hydrogens is 478 g/mol. The second-order valence-corrected chi connectivity index (χ2v) is 9.75. The van der Waals surface area contributed by atoms with Crippen molar-refractivity contribution in [2.24, 2.45) is 0 Å². The second-order valence-electron chi connectivity index (χ2n) is 7.89. The topological polar surface area (TPSA) is 148 Å². The summed E-state index contributed by atoms with van der Waals surface area (Å²) in [6.45, 7) is 3.95. The lowest BCUT2D eigenvalue weighted by molar-refractivity contribution is -0.159. The molecule has 1 aliphatic heterocycles. The predicted molar refractivity (Wildman–Crippen MR) is 129 cm³/mol. The number of carboxylic acid groups (broad SMARTS) is 2. The number of carboxylic acids is 2. The fourth-order valence-electron chi connectivity index (χ4n) is 3.46. The summed E-state index contributed by atoms with van der Waals surface area (Å²) in [5.41, 5.74) is 0.413. The first-order valence-corrected chi connectivity index (χ1v) is 12.3. The van der Waals surface area contributed by atoms with Crippen molar-refractivity contribution in [2.75, 3.05) is 57.7 Å². The van der Waals surface area contributed by atoms with Gasteiger partial charge in [0, 0.05) is 32.7 Å². The van der Waals surface area contributed by atoms with Crippen LogP contribution in [0.15, 0.2) is 59.5 Å². The van der Waals surface area contributed by atoms with E-state index in [-0.39, 0.29) is 11.4 Å². The van der Waals surface area contributed by atoms with Crippen molar-refractivity contribution in [1.82, 2.24) is 9.80 Å². The Morgan fingerprint density at radius 1 is 0.971 bits per heavy atom. The first-order valence-electron chi connectivity index (χ1n) is 10.8. The third kappa shape index (κ3) is 8.21. The third-order valence-electron chi connectivity index (χ3n) is 5.31. The molecule has 0 spiro atoms. The molecule has 1 atom stereocenters. The number of anilines is 1. The highest BCUT2D eigenvalue weighted by Gasteiger charge is 2.30. The van der Waals surface area contributed by atoms with Crippen molar-refractivity contribution in [3.63, 3.8) is 0 Å². The van der Waals surface area contributed by atoms with E-state index in [2.05, 4.69) is 16.8 Å². The van der Waals surface area contributed by atoms with E-state index < -0.39 is 28.1 Å². The molecule has 1 saturated heterocycles. The molecule has 0 aliphatic carbocycles. The lowest BCUT2D eigenvalue weighted by atomic mass is 10.2.